The van der Waals surface area contributed by atoms with Crippen LogP contribution in [-0.2, 0) is 17.6 Å². The largest absolute Gasteiger partial charge is 0.427 e. The lowest BCUT2D eigenvalue weighted by atomic mass is 9.97. The Labute approximate surface area is 83.2 Å². The third-order valence-electron chi connectivity index (χ3n) is 2.28. The first-order valence-corrected chi connectivity index (χ1v) is 4.71. The van der Waals surface area contributed by atoms with Crippen molar-refractivity contribution in [3.05, 3.63) is 41.5 Å². The minimum absolute atomic E-state index is 0.267. The van der Waals surface area contributed by atoms with Crippen LogP contribution in [0.1, 0.15) is 18.1 Å². The van der Waals surface area contributed by atoms with Crippen LogP contribution in [0.25, 0.3) is 0 Å². The molecule has 0 aromatic heterocycles. The summed E-state index contributed by atoms with van der Waals surface area (Å²) in [5.74, 6) is 0.378. The third kappa shape index (κ3) is 1.84. The fourth-order valence-electron chi connectivity index (χ4n) is 1.64. The molecule has 0 N–H and O–H groups in total. The zero-order valence-electron chi connectivity index (χ0n) is 8.12. The second-order valence-corrected chi connectivity index (χ2v) is 3.40. The molecule has 0 saturated heterocycles. The van der Waals surface area contributed by atoms with Gasteiger partial charge < -0.3 is 4.74 Å². The van der Waals surface area contributed by atoms with Gasteiger partial charge in [0.25, 0.3) is 0 Å². The molecule has 0 aliphatic heterocycles. The molecule has 1 aliphatic carbocycles. The zero-order valence-corrected chi connectivity index (χ0v) is 8.12. The first-order valence-electron chi connectivity index (χ1n) is 4.71. The molecule has 72 valence electrons. The monoisotopic (exact) mass is 188 g/mol. The van der Waals surface area contributed by atoms with Crippen molar-refractivity contribution in [3.63, 3.8) is 0 Å². The molecule has 14 heavy (non-hydrogen) atoms. The highest BCUT2D eigenvalue weighted by Gasteiger charge is 2.06. The van der Waals surface area contributed by atoms with E-state index in [2.05, 4.69) is 12.2 Å². The number of hydrogen-bond acceptors (Lipinski definition) is 2. The number of esters is 1. The number of benzene rings is 1. The van der Waals surface area contributed by atoms with Crippen molar-refractivity contribution in [1.82, 2.24) is 0 Å². The first-order chi connectivity index (χ1) is 6.75. The van der Waals surface area contributed by atoms with Crippen LogP contribution in [-0.4, -0.2) is 5.97 Å². The number of carbonyl (C=O) groups is 1. The van der Waals surface area contributed by atoms with Crippen LogP contribution in [0, 0.1) is 0 Å². The molecule has 0 amide bonds. The van der Waals surface area contributed by atoms with Crippen molar-refractivity contribution in [1.29, 1.82) is 0 Å². The number of rotatable bonds is 1. The summed E-state index contributed by atoms with van der Waals surface area (Å²) in [7, 11) is 0. The lowest BCUT2D eigenvalue weighted by Crippen LogP contribution is -2.03. The lowest BCUT2D eigenvalue weighted by molar-refractivity contribution is -0.131. The third-order valence-corrected chi connectivity index (χ3v) is 2.28. The van der Waals surface area contributed by atoms with E-state index in [1.807, 2.05) is 18.2 Å². The van der Waals surface area contributed by atoms with Crippen molar-refractivity contribution in [2.75, 3.05) is 0 Å². The quantitative estimate of drug-likeness (QED) is 0.384. The Morgan fingerprint density at radius 2 is 1.93 bits per heavy atom. The van der Waals surface area contributed by atoms with Gasteiger partial charge >= 0.3 is 5.97 Å². The van der Waals surface area contributed by atoms with Gasteiger partial charge in [-0.05, 0) is 36.1 Å². The number of allylic oxidation sites excluding steroid dienone is 2. The molecule has 2 rings (SSSR count). The smallest absolute Gasteiger partial charge is 0.308 e. The van der Waals surface area contributed by atoms with E-state index >= 15 is 0 Å². The van der Waals surface area contributed by atoms with Crippen LogP contribution in [0.15, 0.2) is 30.4 Å². The highest BCUT2D eigenvalue weighted by molar-refractivity contribution is 5.69. The maximum absolute atomic E-state index is 10.7. The first kappa shape index (κ1) is 9.00. The van der Waals surface area contributed by atoms with Crippen LogP contribution in [0.2, 0.25) is 0 Å². The normalized spacial score (nSPS) is 13.5. The maximum atomic E-state index is 10.7. The summed E-state index contributed by atoms with van der Waals surface area (Å²) in [5, 5.41) is 0. The Hall–Kier alpha value is -1.57. The van der Waals surface area contributed by atoms with Gasteiger partial charge in [0.05, 0.1) is 0 Å². The molecule has 0 spiro atoms. The fraction of sp³-hybridized carbons (Fsp3) is 0.250. The molecule has 2 heteroatoms. The van der Waals surface area contributed by atoms with Crippen LogP contribution in [0.4, 0.5) is 0 Å². The summed E-state index contributed by atoms with van der Waals surface area (Å²) in [6.07, 6.45) is 6.22. The second-order valence-electron chi connectivity index (χ2n) is 3.40. The Morgan fingerprint density at radius 1 is 1.21 bits per heavy atom. The molecule has 0 atom stereocenters. The van der Waals surface area contributed by atoms with Crippen LogP contribution < -0.4 is 4.74 Å². The Kier molecular flexibility index (Phi) is 2.35. The van der Waals surface area contributed by atoms with E-state index in [0.29, 0.717) is 5.75 Å². The predicted octanol–water partition coefficient (Wildman–Crippen LogP) is 2.27. The molecule has 1 aliphatic rings. The Morgan fingerprint density at radius 3 is 2.64 bits per heavy atom. The average molecular weight is 188 g/mol. The molecule has 2 nitrogen and oxygen atoms in total. The molecular weight excluding hydrogens is 176 g/mol. The van der Waals surface area contributed by atoms with Crippen LogP contribution in [0.5, 0.6) is 5.75 Å². The van der Waals surface area contributed by atoms with Gasteiger partial charge in [-0.3, -0.25) is 4.79 Å². The molecule has 0 radical (unpaired) electrons. The summed E-state index contributed by atoms with van der Waals surface area (Å²) >= 11 is 0. The standard InChI is InChI=1S/C12H12O2/c1-9(13)14-12-7-6-10-4-2-3-5-11(10)8-12/h2-3,6-8H,4-5H2,1H3. The molecular formula is C12H12O2. The maximum Gasteiger partial charge on any atom is 0.308 e. The summed E-state index contributed by atoms with van der Waals surface area (Å²) in [6.45, 7) is 1.42. The second kappa shape index (κ2) is 3.66. The molecule has 0 saturated carbocycles. The van der Waals surface area contributed by atoms with E-state index in [4.69, 9.17) is 4.74 Å². The number of hydrogen-bond donors (Lipinski definition) is 0. The van der Waals surface area contributed by atoms with Gasteiger partial charge in [-0.1, -0.05) is 18.2 Å². The minimum atomic E-state index is -0.267. The van der Waals surface area contributed by atoms with Crippen LogP contribution >= 0.6 is 0 Å². The summed E-state index contributed by atoms with van der Waals surface area (Å²) < 4.78 is 5.02. The van der Waals surface area contributed by atoms with E-state index in [1.165, 1.54) is 18.1 Å². The SMILES string of the molecule is CC(=O)Oc1ccc2c(c1)CC=CC2. The van der Waals surface area contributed by atoms with E-state index < -0.39 is 0 Å². The lowest BCUT2D eigenvalue weighted by Gasteiger charge is -2.11. The highest BCUT2D eigenvalue weighted by atomic mass is 16.5. The molecule has 1 aromatic carbocycles. The molecule has 1 aromatic rings. The van der Waals surface area contributed by atoms with Gasteiger partial charge in [0.15, 0.2) is 0 Å². The minimum Gasteiger partial charge on any atom is -0.427 e. The molecule has 0 fully saturated rings. The molecule has 0 unspecified atom stereocenters. The van der Waals surface area contributed by atoms with Gasteiger partial charge in [0.1, 0.15) is 5.75 Å². The van der Waals surface area contributed by atoms with Crippen LogP contribution in [0.3, 0.4) is 0 Å². The van der Waals surface area contributed by atoms with E-state index in [0.717, 1.165) is 12.8 Å². The van der Waals surface area contributed by atoms with Gasteiger partial charge in [-0.2, -0.15) is 0 Å². The molecule has 0 heterocycles. The van der Waals surface area contributed by atoms with Crippen molar-refractivity contribution in [3.8, 4) is 5.75 Å². The van der Waals surface area contributed by atoms with E-state index in [9.17, 15) is 4.79 Å². The van der Waals surface area contributed by atoms with Crippen molar-refractivity contribution < 1.29 is 9.53 Å². The van der Waals surface area contributed by atoms with E-state index in [-0.39, 0.29) is 5.97 Å². The van der Waals surface area contributed by atoms with Gasteiger partial charge in [0, 0.05) is 6.92 Å². The predicted molar refractivity (Wildman–Crippen MR) is 54.3 cm³/mol. The number of carbonyl (C=O) groups excluding carboxylic acids is 1. The Bertz CT molecular complexity index is 391. The number of ether oxygens (including phenoxy) is 1. The summed E-state index contributed by atoms with van der Waals surface area (Å²) in [5.41, 5.74) is 2.58. The van der Waals surface area contributed by atoms with Gasteiger partial charge in [-0.25, -0.2) is 0 Å². The van der Waals surface area contributed by atoms with Crippen molar-refractivity contribution in [2.24, 2.45) is 0 Å². The van der Waals surface area contributed by atoms with E-state index in [1.54, 1.807) is 0 Å². The van der Waals surface area contributed by atoms with Crippen molar-refractivity contribution >= 4 is 5.97 Å². The fourth-order valence-corrected chi connectivity index (χ4v) is 1.64. The summed E-state index contributed by atoms with van der Waals surface area (Å²) in [6, 6.07) is 5.82. The summed E-state index contributed by atoms with van der Waals surface area (Å²) in [4.78, 5) is 10.7. The zero-order chi connectivity index (χ0) is 9.97. The van der Waals surface area contributed by atoms with Gasteiger partial charge in [-0.15, -0.1) is 0 Å². The topological polar surface area (TPSA) is 26.3 Å². The van der Waals surface area contributed by atoms with Gasteiger partial charge in [0.2, 0.25) is 0 Å². The number of fused-ring (bicyclic) bond motifs is 1. The van der Waals surface area contributed by atoms with Crippen molar-refractivity contribution in [2.45, 2.75) is 19.8 Å². The average Bonchev–Trinajstić information content (AvgIpc) is 2.17. The Balaban J connectivity index is 2.27. The molecule has 0 bridgehead atoms. The highest BCUT2D eigenvalue weighted by Crippen LogP contribution is 2.22.